The first-order valence-corrected chi connectivity index (χ1v) is 6.06. The summed E-state index contributed by atoms with van der Waals surface area (Å²) in [7, 11) is 1.97. The molecular weight excluding hydrogens is 210 g/mol. The zero-order valence-electron chi connectivity index (χ0n) is 10.5. The second kappa shape index (κ2) is 5.15. The summed E-state index contributed by atoms with van der Waals surface area (Å²) in [6, 6.07) is 8.68. The molecule has 1 aromatic heterocycles. The fourth-order valence-corrected chi connectivity index (χ4v) is 2.06. The molecule has 3 heteroatoms. The average Bonchev–Trinajstić information content (AvgIpc) is 2.72. The molecule has 1 aromatic carbocycles. The van der Waals surface area contributed by atoms with Crippen molar-refractivity contribution in [3.8, 4) is 11.1 Å². The third-order valence-corrected chi connectivity index (χ3v) is 3.12. The SMILES string of the molecule is CCc1ccc(-c2cnn(C)c2CCN)cc1. The first-order valence-electron chi connectivity index (χ1n) is 6.06. The van der Waals surface area contributed by atoms with E-state index in [0.29, 0.717) is 6.54 Å². The standard InChI is InChI=1S/C14H19N3/c1-3-11-4-6-12(7-5-11)13-10-16-17(2)14(13)8-9-15/h4-7,10H,3,8-9,15H2,1-2H3. The van der Waals surface area contributed by atoms with Crippen molar-refractivity contribution in [3.05, 3.63) is 41.7 Å². The lowest BCUT2D eigenvalue weighted by Crippen LogP contribution is -2.08. The van der Waals surface area contributed by atoms with E-state index in [1.807, 2.05) is 17.9 Å². The molecule has 0 amide bonds. The molecule has 0 spiro atoms. The summed E-state index contributed by atoms with van der Waals surface area (Å²) in [5, 5.41) is 4.32. The van der Waals surface area contributed by atoms with E-state index < -0.39 is 0 Å². The minimum Gasteiger partial charge on any atom is -0.330 e. The zero-order chi connectivity index (χ0) is 12.3. The van der Waals surface area contributed by atoms with Gasteiger partial charge in [0.05, 0.1) is 6.20 Å². The Hall–Kier alpha value is -1.61. The van der Waals surface area contributed by atoms with E-state index in [2.05, 4.69) is 36.3 Å². The molecule has 2 aromatic rings. The van der Waals surface area contributed by atoms with Gasteiger partial charge in [-0.2, -0.15) is 5.10 Å². The molecule has 0 saturated carbocycles. The normalized spacial score (nSPS) is 10.8. The van der Waals surface area contributed by atoms with E-state index in [4.69, 9.17) is 5.73 Å². The van der Waals surface area contributed by atoms with Crippen LogP contribution in [0.3, 0.4) is 0 Å². The van der Waals surface area contributed by atoms with Crippen LogP contribution in [0.25, 0.3) is 11.1 Å². The number of rotatable bonds is 4. The molecule has 3 nitrogen and oxygen atoms in total. The van der Waals surface area contributed by atoms with Crippen molar-refractivity contribution >= 4 is 0 Å². The van der Waals surface area contributed by atoms with Gasteiger partial charge in [0.25, 0.3) is 0 Å². The van der Waals surface area contributed by atoms with Crippen LogP contribution < -0.4 is 5.73 Å². The van der Waals surface area contributed by atoms with Crippen LogP contribution in [0, 0.1) is 0 Å². The van der Waals surface area contributed by atoms with E-state index in [9.17, 15) is 0 Å². The van der Waals surface area contributed by atoms with Crippen LogP contribution in [-0.2, 0) is 19.9 Å². The molecule has 0 bridgehead atoms. The highest BCUT2D eigenvalue weighted by atomic mass is 15.3. The molecule has 2 N–H and O–H groups in total. The maximum atomic E-state index is 5.64. The lowest BCUT2D eigenvalue weighted by Gasteiger charge is -2.05. The first kappa shape index (κ1) is 11.9. The largest absolute Gasteiger partial charge is 0.330 e. The molecule has 90 valence electrons. The molecule has 0 atom stereocenters. The lowest BCUT2D eigenvalue weighted by atomic mass is 10.0. The Balaban J connectivity index is 2.38. The van der Waals surface area contributed by atoms with Crippen LogP contribution in [0.15, 0.2) is 30.5 Å². The highest BCUT2D eigenvalue weighted by Crippen LogP contribution is 2.23. The second-order valence-corrected chi connectivity index (χ2v) is 4.22. The van der Waals surface area contributed by atoms with Gasteiger partial charge in [-0.1, -0.05) is 31.2 Å². The number of hydrogen-bond donors (Lipinski definition) is 1. The van der Waals surface area contributed by atoms with Gasteiger partial charge < -0.3 is 5.73 Å². The van der Waals surface area contributed by atoms with Crippen LogP contribution in [0.1, 0.15) is 18.2 Å². The summed E-state index contributed by atoms with van der Waals surface area (Å²) in [4.78, 5) is 0. The van der Waals surface area contributed by atoms with Gasteiger partial charge in [0.15, 0.2) is 0 Å². The highest BCUT2D eigenvalue weighted by molar-refractivity contribution is 5.65. The zero-order valence-corrected chi connectivity index (χ0v) is 10.5. The van der Waals surface area contributed by atoms with Crippen LogP contribution in [0.4, 0.5) is 0 Å². The number of nitrogens with two attached hydrogens (primary N) is 1. The van der Waals surface area contributed by atoms with Crippen LogP contribution in [-0.4, -0.2) is 16.3 Å². The minimum absolute atomic E-state index is 0.652. The predicted octanol–water partition coefficient (Wildman–Crippen LogP) is 2.15. The summed E-state index contributed by atoms with van der Waals surface area (Å²) >= 11 is 0. The summed E-state index contributed by atoms with van der Waals surface area (Å²) in [6.45, 7) is 2.82. The van der Waals surface area contributed by atoms with Crippen molar-refractivity contribution in [1.82, 2.24) is 9.78 Å². The van der Waals surface area contributed by atoms with Gasteiger partial charge in [-0.05, 0) is 24.1 Å². The molecular formula is C14H19N3. The maximum absolute atomic E-state index is 5.64. The molecule has 1 heterocycles. The van der Waals surface area contributed by atoms with Gasteiger partial charge in [0.1, 0.15) is 0 Å². The summed E-state index contributed by atoms with van der Waals surface area (Å²) in [5.41, 5.74) is 10.6. The smallest absolute Gasteiger partial charge is 0.0571 e. The summed E-state index contributed by atoms with van der Waals surface area (Å²) < 4.78 is 1.91. The Labute approximate surface area is 102 Å². The highest BCUT2D eigenvalue weighted by Gasteiger charge is 2.09. The number of aromatic nitrogens is 2. The monoisotopic (exact) mass is 229 g/mol. The molecule has 0 aliphatic heterocycles. The van der Waals surface area contributed by atoms with Crippen molar-refractivity contribution in [1.29, 1.82) is 0 Å². The fourth-order valence-electron chi connectivity index (χ4n) is 2.06. The molecule has 0 aliphatic rings. The summed E-state index contributed by atoms with van der Waals surface area (Å²) in [5.74, 6) is 0. The Morgan fingerprint density at radius 2 is 1.94 bits per heavy atom. The third-order valence-electron chi connectivity index (χ3n) is 3.12. The average molecular weight is 229 g/mol. The number of nitrogens with zero attached hydrogens (tertiary/aromatic N) is 2. The van der Waals surface area contributed by atoms with Crippen molar-refractivity contribution in [2.45, 2.75) is 19.8 Å². The lowest BCUT2D eigenvalue weighted by molar-refractivity contribution is 0.707. The van der Waals surface area contributed by atoms with Gasteiger partial charge in [-0.25, -0.2) is 0 Å². The Morgan fingerprint density at radius 1 is 1.24 bits per heavy atom. The molecule has 0 unspecified atom stereocenters. The second-order valence-electron chi connectivity index (χ2n) is 4.22. The quantitative estimate of drug-likeness (QED) is 0.873. The Kier molecular flexibility index (Phi) is 3.59. The Morgan fingerprint density at radius 3 is 2.53 bits per heavy atom. The van der Waals surface area contributed by atoms with Crippen molar-refractivity contribution in [2.75, 3.05) is 6.54 Å². The molecule has 0 radical (unpaired) electrons. The van der Waals surface area contributed by atoms with Gasteiger partial charge in [-0.15, -0.1) is 0 Å². The topological polar surface area (TPSA) is 43.8 Å². The molecule has 0 fully saturated rings. The van der Waals surface area contributed by atoms with Crippen LogP contribution in [0.2, 0.25) is 0 Å². The van der Waals surface area contributed by atoms with Gasteiger partial charge >= 0.3 is 0 Å². The predicted molar refractivity (Wildman–Crippen MR) is 70.8 cm³/mol. The van der Waals surface area contributed by atoms with Crippen LogP contribution in [0.5, 0.6) is 0 Å². The molecule has 2 rings (SSSR count). The molecule has 0 aliphatic carbocycles. The van der Waals surface area contributed by atoms with E-state index in [-0.39, 0.29) is 0 Å². The van der Waals surface area contributed by atoms with E-state index in [0.717, 1.165) is 12.8 Å². The molecule has 17 heavy (non-hydrogen) atoms. The number of hydrogen-bond acceptors (Lipinski definition) is 2. The van der Waals surface area contributed by atoms with E-state index >= 15 is 0 Å². The van der Waals surface area contributed by atoms with Crippen LogP contribution >= 0.6 is 0 Å². The number of aryl methyl sites for hydroxylation is 2. The summed E-state index contributed by atoms with van der Waals surface area (Å²) in [6.07, 6.45) is 3.86. The first-order chi connectivity index (χ1) is 8.26. The van der Waals surface area contributed by atoms with E-state index in [1.54, 1.807) is 0 Å². The van der Waals surface area contributed by atoms with Gasteiger partial charge in [0.2, 0.25) is 0 Å². The van der Waals surface area contributed by atoms with Crippen molar-refractivity contribution < 1.29 is 0 Å². The van der Waals surface area contributed by atoms with Gasteiger partial charge in [-0.3, -0.25) is 4.68 Å². The Bertz CT molecular complexity index is 483. The maximum Gasteiger partial charge on any atom is 0.0571 e. The van der Waals surface area contributed by atoms with E-state index in [1.165, 1.54) is 22.4 Å². The van der Waals surface area contributed by atoms with Gasteiger partial charge in [0, 0.05) is 24.7 Å². The number of benzene rings is 1. The van der Waals surface area contributed by atoms with Crippen molar-refractivity contribution in [2.24, 2.45) is 12.8 Å². The molecule has 0 saturated heterocycles. The fraction of sp³-hybridized carbons (Fsp3) is 0.357. The minimum atomic E-state index is 0.652. The third kappa shape index (κ3) is 2.39. The van der Waals surface area contributed by atoms with Crippen molar-refractivity contribution in [3.63, 3.8) is 0 Å².